The summed E-state index contributed by atoms with van der Waals surface area (Å²) in [5, 5.41) is 8.36. The molecule has 1 rings (SSSR count). The van der Waals surface area contributed by atoms with E-state index in [0.717, 1.165) is 12.7 Å². The van der Waals surface area contributed by atoms with Crippen LogP contribution in [0, 0.1) is 0 Å². The fraction of sp³-hybridized carbons (Fsp3) is 0.889. The maximum Gasteiger partial charge on any atom is 0.240 e. The molecule has 1 aliphatic heterocycles. The van der Waals surface area contributed by atoms with Crippen molar-refractivity contribution in [2.75, 3.05) is 19.3 Å². The summed E-state index contributed by atoms with van der Waals surface area (Å²) in [6.45, 7) is 2.17. The Morgan fingerprint density at radius 1 is 1.53 bits per heavy atom. The standard InChI is InChI=1S/C9H17NO4S/c1-7(15(2,13)14)9(12)10-5-3-4-8(11)6-10/h7-8,11H,3-6H2,1-2H3/t7?,8-/m0/s1. The van der Waals surface area contributed by atoms with Crippen LogP contribution in [0.1, 0.15) is 19.8 Å². The van der Waals surface area contributed by atoms with Crippen molar-refractivity contribution in [3.05, 3.63) is 0 Å². The Balaban J connectivity index is 2.68. The van der Waals surface area contributed by atoms with Gasteiger partial charge in [-0.15, -0.1) is 0 Å². The first-order chi connectivity index (χ1) is 6.82. The Kier molecular flexibility index (Phi) is 3.72. The molecule has 0 aromatic rings. The molecule has 0 bridgehead atoms. The summed E-state index contributed by atoms with van der Waals surface area (Å²) < 4.78 is 22.4. The molecule has 6 heteroatoms. The Hall–Kier alpha value is -0.620. The van der Waals surface area contributed by atoms with Gasteiger partial charge in [0.1, 0.15) is 5.25 Å². The lowest BCUT2D eigenvalue weighted by Crippen LogP contribution is -2.47. The van der Waals surface area contributed by atoms with Crippen molar-refractivity contribution >= 4 is 15.7 Å². The molecule has 0 radical (unpaired) electrons. The Labute approximate surface area is 90.0 Å². The number of sulfone groups is 1. The van der Waals surface area contributed by atoms with Gasteiger partial charge >= 0.3 is 0 Å². The maximum absolute atomic E-state index is 11.7. The maximum atomic E-state index is 11.7. The quantitative estimate of drug-likeness (QED) is 0.693. The molecule has 1 N–H and O–H groups in total. The average Bonchev–Trinajstić information content (AvgIpc) is 2.14. The predicted octanol–water partition coefficient (Wildman–Crippen LogP) is -0.597. The molecule has 15 heavy (non-hydrogen) atoms. The van der Waals surface area contributed by atoms with Crippen LogP contribution in [0.2, 0.25) is 0 Å². The molecule has 88 valence electrons. The molecule has 0 aromatic heterocycles. The van der Waals surface area contributed by atoms with Crippen molar-refractivity contribution in [1.82, 2.24) is 4.90 Å². The number of piperidine rings is 1. The smallest absolute Gasteiger partial charge is 0.240 e. The van der Waals surface area contributed by atoms with Crippen LogP contribution in [0.15, 0.2) is 0 Å². The van der Waals surface area contributed by atoms with Crippen LogP contribution in [-0.2, 0) is 14.6 Å². The van der Waals surface area contributed by atoms with Crippen LogP contribution < -0.4 is 0 Å². The number of carbonyl (C=O) groups excluding carboxylic acids is 1. The van der Waals surface area contributed by atoms with E-state index in [-0.39, 0.29) is 6.54 Å². The third kappa shape index (κ3) is 3.17. The molecule has 0 spiro atoms. The molecule has 1 saturated heterocycles. The second-order valence-corrected chi connectivity index (χ2v) is 6.42. The van der Waals surface area contributed by atoms with Crippen LogP contribution >= 0.6 is 0 Å². The van der Waals surface area contributed by atoms with Crippen molar-refractivity contribution in [3.63, 3.8) is 0 Å². The number of hydrogen-bond acceptors (Lipinski definition) is 4. The highest BCUT2D eigenvalue weighted by Crippen LogP contribution is 2.13. The monoisotopic (exact) mass is 235 g/mol. The summed E-state index contributed by atoms with van der Waals surface area (Å²) in [6, 6.07) is 0. The third-order valence-corrected chi connectivity index (χ3v) is 4.18. The number of carbonyl (C=O) groups is 1. The topological polar surface area (TPSA) is 74.7 Å². The van der Waals surface area contributed by atoms with Gasteiger partial charge in [0.05, 0.1) is 6.10 Å². The number of hydrogen-bond donors (Lipinski definition) is 1. The number of nitrogens with zero attached hydrogens (tertiary/aromatic N) is 1. The molecule has 1 heterocycles. The second-order valence-electron chi connectivity index (χ2n) is 4.05. The second kappa shape index (κ2) is 4.49. The molecular formula is C9H17NO4S. The van der Waals surface area contributed by atoms with Gasteiger partial charge in [0.15, 0.2) is 9.84 Å². The number of rotatable bonds is 2. The van der Waals surface area contributed by atoms with E-state index in [1.165, 1.54) is 11.8 Å². The van der Waals surface area contributed by atoms with E-state index in [0.29, 0.717) is 13.0 Å². The van der Waals surface area contributed by atoms with Crippen LogP contribution in [-0.4, -0.2) is 55.0 Å². The number of likely N-dealkylation sites (tertiary alicyclic amines) is 1. The van der Waals surface area contributed by atoms with E-state index in [2.05, 4.69) is 0 Å². The molecular weight excluding hydrogens is 218 g/mol. The van der Waals surface area contributed by atoms with E-state index in [9.17, 15) is 18.3 Å². The molecule has 0 aromatic carbocycles. The minimum absolute atomic E-state index is 0.249. The number of β-amino-alcohol motifs (C(OH)–C–C–N with tert-alkyl or cyclic N) is 1. The van der Waals surface area contributed by atoms with Gasteiger partial charge in [-0.25, -0.2) is 8.42 Å². The number of aliphatic hydroxyl groups is 1. The predicted molar refractivity (Wildman–Crippen MR) is 56.1 cm³/mol. The van der Waals surface area contributed by atoms with Gasteiger partial charge in [0, 0.05) is 19.3 Å². The summed E-state index contributed by atoms with van der Waals surface area (Å²) in [7, 11) is -3.34. The normalized spacial score (nSPS) is 25.0. The first-order valence-corrected chi connectivity index (χ1v) is 6.93. The molecule has 0 aliphatic carbocycles. The summed E-state index contributed by atoms with van der Waals surface area (Å²) >= 11 is 0. The van der Waals surface area contributed by atoms with Gasteiger partial charge < -0.3 is 10.0 Å². The van der Waals surface area contributed by atoms with Gasteiger partial charge in [0.2, 0.25) is 5.91 Å². The SMILES string of the molecule is CC(C(=O)N1CCC[C@H](O)C1)S(C)(=O)=O. The summed E-state index contributed by atoms with van der Waals surface area (Å²) in [6.07, 6.45) is 1.94. The summed E-state index contributed by atoms with van der Waals surface area (Å²) in [4.78, 5) is 13.2. The zero-order chi connectivity index (χ0) is 11.6. The molecule has 2 atom stereocenters. The highest BCUT2D eigenvalue weighted by Gasteiger charge is 2.30. The van der Waals surface area contributed by atoms with Crippen LogP contribution in [0.25, 0.3) is 0 Å². The number of aliphatic hydroxyl groups excluding tert-OH is 1. The van der Waals surface area contributed by atoms with E-state index in [1.54, 1.807) is 0 Å². The van der Waals surface area contributed by atoms with E-state index >= 15 is 0 Å². The Morgan fingerprint density at radius 3 is 2.60 bits per heavy atom. The highest BCUT2D eigenvalue weighted by atomic mass is 32.2. The minimum Gasteiger partial charge on any atom is -0.391 e. The van der Waals surface area contributed by atoms with Crippen molar-refractivity contribution in [2.45, 2.75) is 31.1 Å². The highest BCUT2D eigenvalue weighted by molar-refractivity contribution is 7.92. The van der Waals surface area contributed by atoms with Crippen LogP contribution in [0.3, 0.4) is 0 Å². The number of amides is 1. The van der Waals surface area contributed by atoms with Gasteiger partial charge in [-0.3, -0.25) is 4.79 Å². The minimum atomic E-state index is -3.34. The Bertz CT molecular complexity index is 338. The lowest BCUT2D eigenvalue weighted by atomic mass is 10.1. The van der Waals surface area contributed by atoms with Gasteiger partial charge in [-0.05, 0) is 19.8 Å². The lowest BCUT2D eigenvalue weighted by molar-refractivity contribution is -0.133. The molecule has 0 saturated carbocycles. The van der Waals surface area contributed by atoms with Gasteiger partial charge in [-0.2, -0.15) is 0 Å². The van der Waals surface area contributed by atoms with Crippen molar-refractivity contribution in [3.8, 4) is 0 Å². The zero-order valence-corrected chi connectivity index (χ0v) is 9.83. The first kappa shape index (κ1) is 12.4. The summed E-state index contributed by atoms with van der Waals surface area (Å²) in [5.74, 6) is -0.406. The molecule has 1 amide bonds. The zero-order valence-electron chi connectivity index (χ0n) is 9.01. The van der Waals surface area contributed by atoms with Crippen LogP contribution in [0.4, 0.5) is 0 Å². The van der Waals surface area contributed by atoms with Crippen LogP contribution in [0.5, 0.6) is 0 Å². The van der Waals surface area contributed by atoms with Crippen molar-refractivity contribution in [2.24, 2.45) is 0 Å². The molecule has 1 unspecified atom stereocenters. The van der Waals surface area contributed by atoms with Crippen molar-refractivity contribution in [1.29, 1.82) is 0 Å². The summed E-state index contributed by atoms with van der Waals surface area (Å²) in [5.41, 5.74) is 0. The largest absolute Gasteiger partial charge is 0.391 e. The fourth-order valence-corrected chi connectivity index (χ4v) is 2.11. The van der Waals surface area contributed by atoms with Gasteiger partial charge in [-0.1, -0.05) is 0 Å². The average molecular weight is 235 g/mol. The van der Waals surface area contributed by atoms with E-state index in [4.69, 9.17) is 0 Å². The molecule has 1 fully saturated rings. The van der Waals surface area contributed by atoms with Gasteiger partial charge in [0.25, 0.3) is 0 Å². The Morgan fingerprint density at radius 2 is 2.13 bits per heavy atom. The molecule has 5 nitrogen and oxygen atoms in total. The lowest BCUT2D eigenvalue weighted by Gasteiger charge is -2.31. The third-order valence-electron chi connectivity index (χ3n) is 2.70. The van der Waals surface area contributed by atoms with E-state index < -0.39 is 27.1 Å². The fourth-order valence-electron chi connectivity index (χ4n) is 1.60. The first-order valence-electron chi connectivity index (χ1n) is 4.98. The molecule has 1 aliphatic rings. The van der Waals surface area contributed by atoms with E-state index in [1.807, 2.05) is 0 Å². The van der Waals surface area contributed by atoms with Crippen molar-refractivity contribution < 1.29 is 18.3 Å².